The SMILES string of the molecule is CCN(CC)CC#CCOC(=O)C(C)c1ccc(Br)cc1.O=C(O)C(=O)O. The monoisotopic (exact) mass is 441 g/mol. The van der Waals surface area contributed by atoms with E-state index >= 15 is 0 Å². The lowest BCUT2D eigenvalue weighted by Crippen LogP contribution is -2.23. The third-order valence-corrected chi connectivity index (χ3v) is 4.04. The Hall–Kier alpha value is -2.37. The van der Waals surface area contributed by atoms with Gasteiger partial charge in [-0.05, 0) is 37.7 Å². The number of rotatable bonds is 6. The van der Waals surface area contributed by atoms with Gasteiger partial charge >= 0.3 is 17.9 Å². The van der Waals surface area contributed by atoms with E-state index in [1.165, 1.54) is 0 Å². The quantitative estimate of drug-likeness (QED) is 0.397. The zero-order chi connectivity index (χ0) is 20.8. The number of carboxylic acids is 2. The molecule has 0 radical (unpaired) electrons. The van der Waals surface area contributed by atoms with Crippen LogP contribution in [0.4, 0.5) is 0 Å². The summed E-state index contributed by atoms with van der Waals surface area (Å²) in [6, 6.07) is 7.68. The fourth-order valence-electron chi connectivity index (χ4n) is 1.79. The number of esters is 1. The lowest BCUT2D eigenvalue weighted by atomic mass is 10.0. The van der Waals surface area contributed by atoms with Gasteiger partial charge in [-0.15, -0.1) is 0 Å². The minimum atomic E-state index is -1.82. The van der Waals surface area contributed by atoms with Crippen LogP contribution in [0.25, 0.3) is 0 Å². The first kappa shape index (κ1) is 24.6. The Bertz CT molecular complexity index is 662. The standard InChI is InChI=1S/C17H22BrNO2.C2H2O4/c1-4-19(5-2)12-6-7-13-21-17(20)14(3)15-8-10-16(18)11-9-15;3-1(4)2(5)6/h8-11,14H,4-5,12-13H2,1-3H3;(H,3,4)(H,5,6). The molecule has 0 aliphatic carbocycles. The number of carbonyl (C=O) groups excluding carboxylic acids is 1. The number of ether oxygens (including phenoxy) is 1. The van der Waals surface area contributed by atoms with Crippen molar-refractivity contribution in [3.63, 3.8) is 0 Å². The molecule has 0 amide bonds. The largest absolute Gasteiger partial charge is 0.473 e. The van der Waals surface area contributed by atoms with E-state index < -0.39 is 11.9 Å². The average Bonchev–Trinajstić information content (AvgIpc) is 2.65. The third kappa shape index (κ3) is 11.1. The summed E-state index contributed by atoms with van der Waals surface area (Å²) in [5.41, 5.74) is 0.944. The van der Waals surface area contributed by atoms with Gasteiger partial charge in [0.25, 0.3) is 0 Å². The van der Waals surface area contributed by atoms with E-state index in [0.29, 0.717) is 6.54 Å². The fourth-order valence-corrected chi connectivity index (χ4v) is 2.05. The van der Waals surface area contributed by atoms with Crippen LogP contribution in [0, 0.1) is 11.8 Å². The summed E-state index contributed by atoms with van der Waals surface area (Å²) < 4.78 is 6.19. The van der Waals surface area contributed by atoms with Gasteiger partial charge in [0.05, 0.1) is 12.5 Å². The predicted octanol–water partition coefficient (Wildman–Crippen LogP) is 2.60. The molecule has 1 unspecified atom stereocenters. The number of carbonyl (C=O) groups is 3. The molecule has 2 N–H and O–H groups in total. The van der Waals surface area contributed by atoms with Gasteiger partial charge < -0.3 is 14.9 Å². The second-order valence-electron chi connectivity index (χ2n) is 5.31. The van der Waals surface area contributed by atoms with E-state index in [2.05, 4.69) is 46.5 Å². The van der Waals surface area contributed by atoms with Crippen molar-refractivity contribution in [2.75, 3.05) is 26.2 Å². The molecule has 27 heavy (non-hydrogen) atoms. The molecule has 0 heterocycles. The Balaban J connectivity index is 0.000000972. The zero-order valence-corrected chi connectivity index (χ0v) is 17.2. The van der Waals surface area contributed by atoms with Gasteiger partial charge in [-0.3, -0.25) is 9.69 Å². The maximum Gasteiger partial charge on any atom is 0.414 e. The smallest absolute Gasteiger partial charge is 0.414 e. The summed E-state index contributed by atoms with van der Waals surface area (Å²) in [5, 5.41) is 14.8. The van der Waals surface area contributed by atoms with Gasteiger partial charge in [0.2, 0.25) is 0 Å². The van der Waals surface area contributed by atoms with E-state index in [1.54, 1.807) is 0 Å². The van der Waals surface area contributed by atoms with Crippen LogP contribution in [-0.2, 0) is 19.1 Å². The van der Waals surface area contributed by atoms with Crippen LogP contribution in [0.15, 0.2) is 28.7 Å². The molecule has 1 aromatic rings. The highest BCUT2D eigenvalue weighted by molar-refractivity contribution is 9.10. The van der Waals surface area contributed by atoms with Crippen molar-refractivity contribution >= 4 is 33.8 Å². The number of aliphatic carboxylic acids is 2. The maximum absolute atomic E-state index is 11.9. The minimum absolute atomic E-state index is 0.154. The molecule has 0 aliphatic heterocycles. The highest BCUT2D eigenvalue weighted by Gasteiger charge is 2.16. The van der Waals surface area contributed by atoms with Crippen molar-refractivity contribution in [1.82, 2.24) is 4.90 Å². The highest BCUT2D eigenvalue weighted by atomic mass is 79.9. The first-order valence-corrected chi connectivity index (χ1v) is 9.08. The van der Waals surface area contributed by atoms with Crippen LogP contribution in [0.1, 0.15) is 32.3 Å². The van der Waals surface area contributed by atoms with E-state index in [-0.39, 0.29) is 18.5 Å². The van der Waals surface area contributed by atoms with Crippen molar-refractivity contribution in [2.45, 2.75) is 26.7 Å². The lowest BCUT2D eigenvalue weighted by Gasteiger charge is -2.13. The van der Waals surface area contributed by atoms with Gasteiger partial charge in [-0.1, -0.05) is 53.8 Å². The first-order chi connectivity index (χ1) is 12.7. The van der Waals surface area contributed by atoms with E-state index in [9.17, 15) is 4.79 Å². The molecule has 1 aromatic carbocycles. The van der Waals surface area contributed by atoms with Gasteiger partial charge in [-0.2, -0.15) is 0 Å². The third-order valence-electron chi connectivity index (χ3n) is 3.52. The number of carboxylic acid groups (broad SMARTS) is 2. The second-order valence-corrected chi connectivity index (χ2v) is 6.22. The van der Waals surface area contributed by atoms with E-state index in [1.807, 2.05) is 31.2 Å². The van der Waals surface area contributed by atoms with Crippen LogP contribution in [0.5, 0.6) is 0 Å². The van der Waals surface area contributed by atoms with E-state index in [0.717, 1.165) is 23.1 Å². The molecule has 0 aromatic heterocycles. The topological polar surface area (TPSA) is 104 Å². The summed E-state index contributed by atoms with van der Waals surface area (Å²) in [6.07, 6.45) is 0. The van der Waals surface area contributed by atoms with Crippen LogP contribution in [0.2, 0.25) is 0 Å². The lowest BCUT2D eigenvalue weighted by molar-refractivity contribution is -0.159. The zero-order valence-electron chi connectivity index (χ0n) is 15.6. The van der Waals surface area contributed by atoms with Crippen molar-refractivity contribution < 1.29 is 29.3 Å². The molecule has 7 nitrogen and oxygen atoms in total. The first-order valence-electron chi connectivity index (χ1n) is 8.29. The fraction of sp³-hybridized carbons (Fsp3) is 0.421. The molecule has 1 rings (SSSR count). The average molecular weight is 442 g/mol. The molecule has 0 aliphatic rings. The summed E-state index contributed by atoms with van der Waals surface area (Å²) >= 11 is 3.38. The molecule has 1 atom stereocenters. The van der Waals surface area contributed by atoms with Crippen molar-refractivity contribution in [1.29, 1.82) is 0 Å². The predicted molar refractivity (Wildman–Crippen MR) is 104 cm³/mol. The molecule has 0 spiro atoms. The molecule has 0 bridgehead atoms. The molecule has 0 saturated carbocycles. The molecule has 0 saturated heterocycles. The van der Waals surface area contributed by atoms with Gasteiger partial charge in [0.15, 0.2) is 6.61 Å². The molecule has 148 valence electrons. The summed E-state index contributed by atoms with van der Waals surface area (Å²) in [7, 11) is 0. The second kappa shape index (κ2) is 13.8. The van der Waals surface area contributed by atoms with Crippen molar-refractivity contribution in [2.24, 2.45) is 0 Å². The number of benzene rings is 1. The van der Waals surface area contributed by atoms with Crippen LogP contribution in [0.3, 0.4) is 0 Å². The molecule has 0 fully saturated rings. The van der Waals surface area contributed by atoms with Crippen molar-refractivity contribution in [3.8, 4) is 11.8 Å². The number of nitrogens with zero attached hydrogens (tertiary/aromatic N) is 1. The summed E-state index contributed by atoms with van der Waals surface area (Å²) in [6.45, 7) is 8.87. The number of halogens is 1. The number of hydrogen-bond acceptors (Lipinski definition) is 5. The van der Waals surface area contributed by atoms with Crippen LogP contribution < -0.4 is 0 Å². The summed E-state index contributed by atoms with van der Waals surface area (Å²) in [4.78, 5) is 32.3. The molecular weight excluding hydrogens is 418 g/mol. The van der Waals surface area contributed by atoms with Gasteiger partial charge in [0.1, 0.15) is 0 Å². The maximum atomic E-state index is 11.9. The van der Waals surface area contributed by atoms with E-state index in [4.69, 9.17) is 24.5 Å². The van der Waals surface area contributed by atoms with Gasteiger partial charge in [0, 0.05) is 4.47 Å². The minimum Gasteiger partial charge on any atom is -0.473 e. The molecule has 8 heteroatoms. The highest BCUT2D eigenvalue weighted by Crippen LogP contribution is 2.19. The normalized spacial score (nSPS) is 10.7. The Labute approximate surface area is 167 Å². The summed E-state index contributed by atoms with van der Waals surface area (Å²) in [5.74, 6) is 1.75. The Morgan fingerprint density at radius 2 is 1.59 bits per heavy atom. The Morgan fingerprint density at radius 3 is 2.04 bits per heavy atom. The van der Waals surface area contributed by atoms with Gasteiger partial charge in [-0.25, -0.2) is 9.59 Å². The Kier molecular flexibility index (Phi) is 12.6. The number of hydrogen-bond donors (Lipinski definition) is 2. The van der Waals surface area contributed by atoms with Crippen LogP contribution >= 0.6 is 15.9 Å². The van der Waals surface area contributed by atoms with Crippen LogP contribution in [-0.4, -0.2) is 59.3 Å². The molecular formula is C19H24BrNO6. The van der Waals surface area contributed by atoms with Crippen molar-refractivity contribution in [3.05, 3.63) is 34.3 Å². The Morgan fingerprint density at radius 1 is 1.07 bits per heavy atom.